The van der Waals surface area contributed by atoms with E-state index in [1.165, 1.54) is 0 Å². The zero-order valence-corrected chi connectivity index (χ0v) is 11.1. The van der Waals surface area contributed by atoms with Crippen molar-refractivity contribution in [3.63, 3.8) is 0 Å². The zero-order chi connectivity index (χ0) is 12.5. The molecule has 0 unspecified atom stereocenters. The van der Waals surface area contributed by atoms with Crippen molar-refractivity contribution in [2.24, 2.45) is 0 Å². The van der Waals surface area contributed by atoms with Gasteiger partial charge in [-0.05, 0) is 28.1 Å². The number of hydrogen-bond donors (Lipinski definition) is 0. The molecule has 2 aromatic heterocycles. The summed E-state index contributed by atoms with van der Waals surface area (Å²) in [6.45, 7) is 1.19. The molecular weight excluding hydrogens is 298 g/mol. The van der Waals surface area contributed by atoms with E-state index in [4.69, 9.17) is 4.42 Å². The van der Waals surface area contributed by atoms with Crippen LogP contribution in [0.1, 0.15) is 21.8 Å². The van der Waals surface area contributed by atoms with Crippen molar-refractivity contribution in [3.05, 3.63) is 46.3 Å². The molecule has 92 valence electrons. The molecule has 1 aliphatic heterocycles. The SMILES string of the molecule is O=C(c1ccc(Br)o1)N1CCc2ncncc2C1. The van der Waals surface area contributed by atoms with Gasteiger partial charge in [0.05, 0.1) is 5.69 Å². The molecule has 0 aliphatic carbocycles. The molecular formula is C12H10BrN3O2. The van der Waals surface area contributed by atoms with E-state index in [2.05, 4.69) is 25.9 Å². The Hall–Kier alpha value is -1.69. The Bertz CT molecular complexity index is 597. The maximum Gasteiger partial charge on any atom is 0.289 e. The summed E-state index contributed by atoms with van der Waals surface area (Å²) in [5.74, 6) is 0.248. The Morgan fingerprint density at radius 3 is 3.11 bits per heavy atom. The molecule has 0 saturated carbocycles. The standard InChI is InChI=1S/C12H10BrN3O2/c13-11-2-1-10(18-11)12(17)16-4-3-9-8(6-16)5-14-7-15-9/h1-2,5,7H,3-4,6H2. The number of carbonyl (C=O) groups excluding carboxylic acids is 1. The van der Waals surface area contributed by atoms with Crippen LogP contribution < -0.4 is 0 Å². The quantitative estimate of drug-likeness (QED) is 0.809. The van der Waals surface area contributed by atoms with Gasteiger partial charge in [-0.1, -0.05) is 0 Å². The Labute approximate surface area is 112 Å². The van der Waals surface area contributed by atoms with Crippen LogP contribution in [0, 0.1) is 0 Å². The fourth-order valence-electron chi connectivity index (χ4n) is 2.02. The molecule has 0 aromatic carbocycles. The van der Waals surface area contributed by atoms with Gasteiger partial charge < -0.3 is 9.32 Å². The average Bonchev–Trinajstić information content (AvgIpc) is 2.84. The molecule has 18 heavy (non-hydrogen) atoms. The van der Waals surface area contributed by atoms with Crippen molar-refractivity contribution in [3.8, 4) is 0 Å². The van der Waals surface area contributed by atoms with Gasteiger partial charge in [0, 0.05) is 31.3 Å². The number of carbonyl (C=O) groups is 1. The Morgan fingerprint density at radius 1 is 1.44 bits per heavy atom. The highest BCUT2D eigenvalue weighted by Crippen LogP contribution is 2.20. The van der Waals surface area contributed by atoms with Crippen molar-refractivity contribution < 1.29 is 9.21 Å². The zero-order valence-electron chi connectivity index (χ0n) is 9.47. The van der Waals surface area contributed by atoms with Crippen molar-refractivity contribution in [2.45, 2.75) is 13.0 Å². The van der Waals surface area contributed by atoms with E-state index in [-0.39, 0.29) is 5.91 Å². The van der Waals surface area contributed by atoms with Crippen LogP contribution in [0.15, 0.2) is 33.7 Å². The number of hydrogen-bond acceptors (Lipinski definition) is 4. The normalized spacial score (nSPS) is 14.4. The van der Waals surface area contributed by atoms with E-state index >= 15 is 0 Å². The summed E-state index contributed by atoms with van der Waals surface area (Å²) in [7, 11) is 0. The molecule has 3 rings (SSSR count). The largest absolute Gasteiger partial charge is 0.444 e. The third kappa shape index (κ3) is 2.03. The molecule has 0 spiro atoms. The van der Waals surface area contributed by atoms with Gasteiger partial charge in [0.2, 0.25) is 0 Å². The Balaban J connectivity index is 1.82. The smallest absolute Gasteiger partial charge is 0.289 e. The summed E-state index contributed by atoms with van der Waals surface area (Å²) in [5, 5.41) is 0. The molecule has 0 radical (unpaired) electrons. The summed E-state index contributed by atoms with van der Waals surface area (Å²) < 4.78 is 5.84. The molecule has 5 nitrogen and oxygen atoms in total. The highest BCUT2D eigenvalue weighted by atomic mass is 79.9. The van der Waals surface area contributed by atoms with Gasteiger partial charge in [-0.15, -0.1) is 0 Å². The van der Waals surface area contributed by atoms with E-state index in [1.807, 2.05) is 0 Å². The lowest BCUT2D eigenvalue weighted by molar-refractivity contribution is 0.0699. The lowest BCUT2D eigenvalue weighted by Gasteiger charge is -2.26. The molecule has 0 saturated heterocycles. The summed E-state index contributed by atoms with van der Waals surface area (Å²) in [6, 6.07) is 3.39. The number of rotatable bonds is 1. The molecule has 0 fully saturated rings. The maximum absolute atomic E-state index is 12.2. The summed E-state index contributed by atoms with van der Waals surface area (Å²) >= 11 is 3.19. The van der Waals surface area contributed by atoms with E-state index < -0.39 is 0 Å². The highest BCUT2D eigenvalue weighted by molar-refractivity contribution is 9.10. The minimum Gasteiger partial charge on any atom is -0.444 e. The van der Waals surface area contributed by atoms with Crippen molar-refractivity contribution in [2.75, 3.05) is 6.54 Å². The number of amides is 1. The lowest BCUT2D eigenvalue weighted by atomic mass is 10.1. The van der Waals surface area contributed by atoms with Gasteiger partial charge in [-0.3, -0.25) is 4.79 Å². The maximum atomic E-state index is 12.2. The first-order valence-electron chi connectivity index (χ1n) is 5.56. The predicted molar refractivity (Wildman–Crippen MR) is 66.9 cm³/mol. The van der Waals surface area contributed by atoms with Crippen molar-refractivity contribution >= 4 is 21.8 Å². The monoisotopic (exact) mass is 307 g/mol. The van der Waals surface area contributed by atoms with E-state index in [9.17, 15) is 4.79 Å². The first-order valence-corrected chi connectivity index (χ1v) is 6.36. The third-order valence-electron chi connectivity index (χ3n) is 2.93. The van der Waals surface area contributed by atoms with Crippen molar-refractivity contribution in [1.29, 1.82) is 0 Å². The van der Waals surface area contributed by atoms with Gasteiger partial charge in [0.25, 0.3) is 5.91 Å². The number of aromatic nitrogens is 2. The number of nitrogens with zero attached hydrogens (tertiary/aromatic N) is 3. The summed E-state index contributed by atoms with van der Waals surface area (Å²) in [4.78, 5) is 22.1. The second-order valence-corrected chi connectivity index (χ2v) is 4.86. The summed E-state index contributed by atoms with van der Waals surface area (Å²) in [5.41, 5.74) is 2.03. The second kappa shape index (κ2) is 4.53. The van der Waals surface area contributed by atoms with E-state index in [0.29, 0.717) is 23.5 Å². The van der Waals surface area contributed by atoms with Crippen molar-refractivity contribution in [1.82, 2.24) is 14.9 Å². The van der Waals surface area contributed by atoms with E-state index in [0.717, 1.165) is 17.7 Å². The fourth-order valence-corrected chi connectivity index (χ4v) is 2.33. The van der Waals surface area contributed by atoms with Crippen LogP contribution in [0.25, 0.3) is 0 Å². The minimum atomic E-state index is -0.102. The van der Waals surface area contributed by atoms with Gasteiger partial charge in [-0.25, -0.2) is 9.97 Å². The average molecular weight is 308 g/mol. The van der Waals surface area contributed by atoms with Crippen LogP contribution in [-0.2, 0) is 13.0 Å². The van der Waals surface area contributed by atoms with Crippen LogP contribution in [0.5, 0.6) is 0 Å². The van der Waals surface area contributed by atoms with E-state index in [1.54, 1.807) is 29.6 Å². The molecule has 1 amide bonds. The number of furan rings is 1. The first kappa shape index (κ1) is 11.4. The van der Waals surface area contributed by atoms with Crippen LogP contribution >= 0.6 is 15.9 Å². The summed E-state index contributed by atoms with van der Waals surface area (Å²) in [6.07, 6.45) is 4.06. The molecule has 1 aliphatic rings. The third-order valence-corrected chi connectivity index (χ3v) is 3.36. The minimum absolute atomic E-state index is 0.102. The number of fused-ring (bicyclic) bond motifs is 1. The second-order valence-electron chi connectivity index (χ2n) is 4.08. The molecule has 2 aromatic rings. The van der Waals surface area contributed by atoms with Crippen LogP contribution in [0.3, 0.4) is 0 Å². The van der Waals surface area contributed by atoms with Crippen LogP contribution in [0.4, 0.5) is 0 Å². The van der Waals surface area contributed by atoms with Crippen LogP contribution in [-0.4, -0.2) is 27.3 Å². The van der Waals surface area contributed by atoms with Gasteiger partial charge in [0.1, 0.15) is 6.33 Å². The molecule has 0 N–H and O–H groups in total. The predicted octanol–water partition coefficient (Wildman–Crippen LogP) is 2.03. The highest BCUT2D eigenvalue weighted by Gasteiger charge is 2.24. The lowest BCUT2D eigenvalue weighted by Crippen LogP contribution is -2.36. The van der Waals surface area contributed by atoms with Gasteiger partial charge >= 0.3 is 0 Å². The van der Waals surface area contributed by atoms with Gasteiger partial charge in [-0.2, -0.15) is 0 Å². The molecule has 0 atom stereocenters. The van der Waals surface area contributed by atoms with Crippen LogP contribution in [0.2, 0.25) is 0 Å². The Morgan fingerprint density at radius 2 is 2.33 bits per heavy atom. The topological polar surface area (TPSA) is 59.2 Å². The Kier molecular flexibility index (Phi) is 2.87. The fraction of sp³-hybridized carbons (Fsp3) is 0.250. The number of halogens is 1. The molecule has 3 heterocycles. The molecule has 6 heteroatoms. The first-order chi connectivity index (χ1) is 8.74. The molecule has 0 bridgehead atoms. The van der Waals surface area contributed by atoms with Gasteiger partial charge in [0.15, 0.2) is 10.4 Å².